The second-order valence-electron chi connectivity index (χ2n) is 9.73. The summed E-state index contributed by atoms with van der Waals surface area (Å²) in [7, 11) is 0. The molecule has 1 aromatic carbocycles. The van der Waals surface area contributed by atoms with Crippen molar-refractivity contribution in [2.45, 2.75) is 70.3 Å². The van der Waals surface area contributed by atoms with Gasteiger partial charge in [-0.3, -0.25) is 9.69 Å². The van der Waals surface area contributed by atoms with Crippen LogP contribution in [0.25, 0.3) is 0 Å². The van der Waals surface area contributed by atoms with Gasteiger partial charge in [0.2, 0.25) is 5.91 Å². The zero-order chi connectivity index (χ0) is 22.3. The summed E-state index contributed by atoms with van der Waals surface area (Å²) >= 11 is 0. The van der Waals surface area contributed by atoms with Gasteiger partial charge in [-0.05, 0) is 45.7 Å². The molecule has 1 saturated carbocycles. The van der Waals surface area contributed by atoms with Gasteiger partial charge in [0.1, 0.15) is 17.6 Å². The summed E-state index contributed by atoms with van der Waals surface area (Å²) in [4.78, 5) is 30.2. The lowest BCUT2D eigenvalue weighted by atomic mass is 9.87. The molecule has 6 nitrogen and oxygen atoms in total. The summed E-state index contributed by atoms with van der Waals surface area (Å²) in [6, 6.07) is 4.24. The summed E-state index contributed by atoms with van der Waals surface area (Å²) in [6.07, 6.45) is 0.207. The summed E-state index contributed by atoms with van der Waals surface area (Å²) < 4.78 is 34.7. The van der Waals surface area contributed by atoms with Crippen LogP contribution in [-0.4, -0.2) is 71.8 Å². The quantitative estimate of drug-likeness (QED) is 0.713. The van der Waals surface area contributed by atoms with E-state index in [1.807, 2.05) is 20.8 Å². The van der Waals surface area contributed by atoms with Gasteiger partial charge in [0.05, 0.1) is 12.1 Å². The molecule has 0 N–H and O–H groups in total. The van der Waals surface area contributed by atoms with Crippen molar-refractivity contribution in [1.29, 1.82) is 0 Å². The van der Waals surface area contributed by atoms with Crippen molar-refractivity contribution in [3.63, 3.8) is 0 Å². The van der Waals surface area contributed by atoms with Crippen molar-refractivity contribution >= 4 is 17.7 Å². The molecule has 2 fully saturated rings. The van der Waals surface area contributed by atoms with Gasteiger partial charge >= 0.3 is 6.09 Å². The molecule has 1 saturated heterocycles. The Morgan fingerprint density at radius 3 is 2.48 bits per heavy atom. The number of hydrogen-bond donors (Lipinski definition) is 0. The first-order valence-corrected chi connectivity index (χ1v) is 11.1. The van der Waals surface area contributed by atoms with Gasteiger partial charge in [0.15, 0.2) is 0 Å². The second kappa shape index (κ2) is 8.37. The van der Waals surface area contributed by atoms with E-state index in [1.54, 1.807) is 21.9 Å². The third-order valence-electron chi connectivity index (χ3n) is 6.46. The molecule has 0 bridgehead atoms. The molecule has 2 heterocycles. The van der Waals surface area contributed by atoms with E-state index in [4.69, 9.17) is 4.74 Å². The number of anilines is 1. The number of hydrogen-bond acceptors (Lipinski definition) is 4. The molecule has 0 aromatic heterocycles. The zero-order valence-electron chi connectivity index (χ0n) is 18.4. The number of benzene rings is 1. The summed E-state index contributed by atoms with van der Waals surface area (Å²) in [5.74, 6) is -0.525. The molecule has 0 radical (unpaired) electrons. The molecule has 3 unspecified atom stereocenters. The standard InChI is InChI=1S/C23H31F2N3O3/c1-23(2,3)31-22(30)27-11-9-26(10-12-27)20-8-7-15(13-18(20)25)28-19-6-4-5-17(24)16(19)14-21(28)29/h4-6,15,18,20H,7-14H2,1-3H3. The van der Waals surface area contributed by atoms with E-state index in [9.17, 15) is 14.0 Å². The van der Waals surface area contributed by atoms with Crippen LogP contribution < -0.4 is 4.90 Å². The first-order valence-electron chi connectivity index (χ1n) is 11.1. The maximum atomic E-state index is 15.2. The normalized spacial score (nSPS) is 27.4. The van der Waals surface area contributed by atoms with E-state index >= 15 is 4.39 Å². The fraction of sp³-hybridized carbons (Fsp3) is 0.652. The highest BCUT2D eigenvalue weighted by Gasteiger charge is 2.42. The maximum Gasteiger partial charge on any atom is 0.410 e. The fourth-order valence-corrected chi connectivity index (χ4v) is 5.01. The van der Waals surface area contributed by atoms with Gasteiger partial charge in [0, 0.05) is 50.2 Å². The van der Waals surface area contributed by atoms with Crippen LogP contribution in [-0.2, 0) is 16.0 Å². The van der Waals surface area contributed by atoms with Crippen molar-refractivity contribution in [2.75, 3.05) is 31.1 Å². The Morgan fingerprint density at radius 1 is 1.13 bits per heavy atom. The van der Waals surface area contributed by atoms with Crippen LogP contribution in [0.5, 0.6) is 0 Å². The van der Waals surface area contributed by atoms with Gasteiger partial charge in [-0.15, -0.1) is 0 Å². The third-order valence-corrected chi connectivity index (χ3v) is 6.46. The first-order chi connectivity index (χ1) is 14.6. The van der Waals surface area contributed by atoms with E-state index < -0.39 is 11.8 Å². The molecule has 1 aliphatic carbocycles. The Labute approximate surface area is 182 Å². The monoisotopic (exact) mass is 435 g/mol. The lowest BCUT2D eigenvalue weighted by Gasteiger charge is -2.44. The minimum absolute atomic E-state index is 0.0471. The molecule has 4 rings (SSSR count). The minimum Gasteiger partial charge on any atom is -0.444 e. The molecule has 1 aromatic rings. The number of carbonyl (C=O) groups excluding carboxylic acids is 2. The highest BCUT2D eigenvalue weighted by atomic mass is 19.1. The number of ether oxygens (including phenoxy) is 1. The van der Waals surface area contributed by atoms with Gasteiger partial charge in [-0.2, -0.15) is 0 Å². The van der Waals surface area contributed by atoms with Crippen LogP contribution >= 0.6 is 0 Å². The predicted octanol–water partition coefficient (Wildman–Crippen LogP) is 3.53. The Hall–Kier alpha value is -2.22. The largest absolute Gasteiger partial charge is 0.444 e. The predicted molar refractivity (Wildman–Crippen MR) is 113 cm³/mol. The highest BCUT2D eigenvalue weighted by molar-refractivity contribution is 6.02. The molecule has 0 spiro atoms. The van der Waals surface area contributed by atoms with E-state index in [1.165, 1.54) is 6.07 Å². The number of halogens is 2. The van der Waals surface area contributed by atoms with E-state index in [0.717, 1.165) is 0 Å². The number of fused-ring (bicyclic) bond motifs is 1. The fourth-order valence-electron chi connectivity index (χ4n) is 5.01. The van der Waals surface area contributed by atoms with Crippen molar-refractivity contribution in [2.24, 2.45) is 0 Å². The summed E-state index contributed by atoms with van der Waals surface area (Å²) in [5, 5.41) is 0. The summed E-state index contributed by atoms with van der Waals surface area (Å²) in [6.45, 7) is 7.75. The van der Waals surface area contributed by atoms with Crippen molar-refractivity contribution in [1.82, 2.24) is 9.80 Å². The molecular formula is C23H31F2N3O3. The molecule has 3 aliphatic rings. The maximum absolute atomic E-state index is 15.2. The smallest absolute Gasteiger partial charge is 0.410 e. The molecule has 8 heteroatoms. The SMILES string of the molecule is CC(C)(C)OC(=O)N1CCN(C2CCC(N3C(=O)Cc4c(F)cccc43)CC2F)CC1. The summed E-state index contributed by atoms with van der Waals surface area (Å²) in [5.41, 5.74) is 0.473. The molecule has 3 atom stereocenters. The van der Waals surface area contributed by atoms with Gasteiger partial charge < -0.3 is 14.5 Å². The van der Waals surface area contributed by atoms with Crippen molar-refractivity contribution in [3.05, 3.63) is 29.6 Å². The Kier molecular flexibility index (Phi) is 5.94. The minimum atomic E-state index is -1.07. The average molecular weight is 436 g/mol. The van der Waals surface area contributed by atoms with Gasteiger partial charge in [0.25, 0.3) is 0 Å². The van der Waals surface area contributed by atoms with Crippen molar-refractivity contribution in [3.8, 4) is 0 Å². The van der Waals surface area contributed by atoms with E-state index in [0.29, 0.717) is 50.3 Å². The Morgan fingerprint density at radius 2 is 1.84 bits per heavy atom. The van der Waals surface area contributed by atoms with Crippen LogP contribution in [0.1, 0.15) is 45.6 Å². The highest BCUT2D eigenvalue weighted by Crippen LogP contribution is 2.38. The lowest BCUT2D eigenvalue weighted by molar-refractivity contribution is -0.118. The number of carbonyl (C=O) groups is 2. The van der Waals surface area contributed by atoms with Gasteiger partial charge in [-0.25, -0.2) is 13.6 Å². The average Bonchev–Trinajstić information content (AvgIpc) is 3.04. The number of nitrogens with zero attached hydrogens (tertiary/aromatic N) is 3. The van der Waals surface area contributed by atoms with Crippen LogP contribution in [0.3, 0.4) is 0 Å². The van der Waals surface area contributed by atoms with E-state index in [2.05, 4.69) is 4.90 Å². The molecule has 2 aliphatic heterocycles. The van der Waals surface area contributed by atoms with Crippen LogP contribution in [0.15, 0.2) is 18.2 Å². The van der Waals surface area contributed by atoms with Crippen LogP contribution in [0.4, 0.5) is 19.3 Å². The topological polar surface area (TPSA) is 53.1 Å². The van der Waals surface area contributed by atoms with Gasteiger partial charge in [-0.1, -0.05) is 6.07 Å². The Balaban J connectivity index is 1.34. The first kappa shape index (κ1) is 22.0. The molecule has 2 amide bonds. The Bertz CT molecular complexity index is 849. The van der Waals surface area contributed by atoms with Crippen molar-refractivity contribution < 1.29 is 23.1 Å². The molecule has 31 heavy (non-hydrogen) atoms. The number of alkyl halides is 1. The van der Waals surface area contributed by atoms with Crippen LogP contribution in [0, 0.1) is 5.82 Å². The number of piperazine rings is 1. The second-order valence-corrected chi connectivity index (χ2v) is 9.73. The third kappa shape index (κ3) is 4.54. The number of rotatable bonds is 2. The zero-order valence-corrected chi connectivity index (χ0v) is 18.4. The van der Waals surface area contributed by atoms with E-state index in [-0.39, 0.29) is 42.7 Å². The lowest BCUT2D eigenvalue weighted by Crippen LogP contribution is -2.57. The molecule has 170 valence electrons. The molecular weight excluding hydrogens is 404 g/mol. The van der Waals surface area contributed by atoms with Crippen LogP contribution in [0.2, 0.25) is 0 Å². The number of amides is 2.